The lowest BCUT2D eigenvalue weighted by atomic mass is 9.92. The lowest BCUT2D eigenvalue weighted by molar-refractivity contribution is -0.0519. The van der Waals surface area contributed by atoms with Crippen molar-refractivity contribution in [2.75, 3.05) is 13.7 Å². The summed E-state index contributed by atoms with van der Waals surface area (Å²) in [6.07, 6.45) is 0. The molecule has 0 heterocycles. The molecule has 0 aliphatic heterocycles. The molecular formula is C15H23F2NO3. The van der Waals surface area contributed by atoms with Crippen molar-refractivity contribution in [1.29, 1.82) is 0 Å². The molecule has 1 rings (SSSR count). The number of para-hydroxylation sites is 1. The molecule has 1 aromatic carbocycles. The molecule has 0 radical (unpaired) electrons. The summed E-state index contributed by atoms with van der Waals surface area (Å²) in [5.74, 6) is 0.351. The van der Waals surface area contributed by atoms with E-state index in [1.54, 1.807) is 25.1 Å². The van der Waals surface area contributed by atoms with Crippen LogP contribution < -0.4 is 14.8 Å². The fourth-order valence-corrected chi connectivity index (χ4v) is 1.74. The van der Waals surface area contributed by atoms with E-state index in [0.717, 1.165) is 0 Å². The fourth-order valence-electron chi connectivity index (χ4n) is 1.74. The summed E-state index contributed by atoms with van der Waals surface area (Å²) >= 11 is 0. The van der Waals surface area contributed by atoms with Crippen LogP contribution in [-0.4, -0.2) is 31.0 Å². The number of nitrogens with one attached hydrogen (secondary N) is 1. The minimum Gasteiger partial charge on any atom is -0.493 e. The van der Waals surface area contributed by atoms with E-state index in [-0.39, 0.29) is 17.4 Å². The van der Waals surface area contributed by atoms with Crippen LogP contribution in [0, 0.1) is 5.92 Å². The Balaban J connectivity index is 2.79. The molecule has 1 unspecified atom stereocenters. The number of benzene rings is 1. The third kappa shape index (κ3) is 5.13. The third-order valence-electron chi connectivity index (χ3n) is 3.53. The molecule has 2 N–H and O–H groups in total. The number of methoxy groups -OCH3 is 1. The van der Waals surface area contributed by atoms with Crippen LogP contribution in [0.2, 0.25) is 0 Å². The van der Waals surface area contributed by atoms with Crippen molar-refractivity contribution in [3.05, 3.63) is 23.8 Å². The van der Waals surface area contributed by atoms with E-state index in [1.165, 1.54) is 7.11 Å². The van der Waals surface area contributed by atoms with Gasteiger partial charge in [0.1, 0.15) is 0 Å². The first-order chi connectivity index (χ1) is 9.77. The number of halogens is 2. The first-order valence-electron chi connectivity index (χ1n) is 6.81. The van der Waals surface area contributed by atoms with Gasteiger partial charge in [0.15, 0.2) is 11.5 Å². The van der Waals surface area contributed by atoms with E-state index < -0.39 is 12.2 Å². The standard InChI is InChI=1S/C15H23F2NO3/c1-10(2)15(3,19)9-18-8-11-6-5-7-12(20-4)13(11)21-14(16)17/h5-7,10,14,18-19H,8-9H2,1-4H3. The number of hydrogen-bond acceptors (Lipinski definition) is 4. The maximum absolute atomic E-state index is 12.5. The van der Waals surface area contributed by atoms with Gasteiger partial charge in [-0.05, 0) is 18.9 Å². The zero-order chi connectivity index (χ0) is 16.0. The summed E-state index contributed by atoms with van der Waals surface area (Å²) < 4.78 is 34.6. The monoisotopic (exact) mass is 303 g/mol. The molecule has 120 valence electrons. The highest BCUT2D eigenvalue weighted by molar-refractivity contribution is 5.46. The third-order valence-corrected chi connectivity index (χ3v) is 3.53. The highest BCUT2D eigenvalue weighted by atomic mass is 19.3. The van der Waals surface area contributed by atoms with Crippen LogP contribution >= 0.6 is 0 Å². The van der Waals surface area contributed by atoms with Gasteiger partial charge in [0.25, 0.3) is 0 Å². The average molecular weight is 303 g/mol. The van der Waals surface area contributed by atoms with Gasteiger partial charge in [-0.2, -0.15) is 8.78 Å². The average Bonchev–Trinajstić information content (AvgIpc) is 2.39. The highest BCUT2D eigenvalue weighted by Crippen LogP contribution is 2.32. The van der Waals surface area contributed by atoms with Crippen LogP contribution in [0.1, 0.15) is 26.3 Å². The van der Waals surface area contributed by atoms with Crippen molar-refractivity contribution in [1.82, 2.24) is 5.32 Å². The van der Waals surface area contributed by atoms with Gasteiger partial charge in [-0.3, -0.25) is 0 Å². The van der Waals surface area contributed by atoms with Crippen molar-refractivity contribution in [2.45, 2.75) is 39.5 Å². The molecule has 0 saturated carbocycles. The molecular weight excluding hydrogens is 280 g/mol. The van der Waals surface area contributed by atoms with Crippen LogP contribution in [0.5, 0.6) is 11.5 Å². The summed E-state index contributed by atoms with van der Waals surface area (Å²) in [6.45, 7) is 3.28. The second kappa shape index (κ2) is 7.56. The molecule has 1 aromatic rings. The van der Waals surface area contributed by atoms with E-state index in [1.807, 2.05) is 13.8 Å². The normalized spacial score (nSPS) is 14.3. The maximum Gasteiger partial charge on any atom is 0.387 e. The van der Waals surface area contributed by atoms with Gasteiger partial charge in [0, 0.05) is 18.7 Å². The first-order valence-corrected chi connectivity index (χ1v) is 6.81. The van der Waals surface area contributed by atoms with E-state index >= 15 is 0 Å². The lowest BCUT2D eigenvalue weighted by Gasteiger charge is -2.28. The first kappa shape index (κ1) is 17.7. The van der Waals surface area contributed by atoms with Crippen LogP contribution in [0.15, 0.2) is 18.2 Å². The fraction of sp³-hybridized carbons (Fsp3) is 0.600. The Hall–Kier alpha value is -1.40. The zero-order valence-corrected chi connectivity index (χ0v) is 12.8. The predicted octanol–water partition coefficient (Wildman–Crippen LogP) is 2.79. The van der Waals surface area contributed by atoms with Crippen molar-refractivity contribution in [2.24, 2.45) is 5.92 Å². The Morgan fingerprint density at radius 2 is 2.00 bits per heavy atom. The molecule has 0 bridgehead atoms. The van der Waals surface area contributed by atoms with Crippen molar-refractivity contribution in [3.63, 3.8) is 0 Å². The molecule has 0 fully saturated rings. The van der Waals surface area contributed by atoms with Gasteiger partial charge in [0.05, 0.1) is 12.7 Å². The Labute approximate surface area is 124 Å². The van der Waals surface area contributed by atoms with E-state index in [4.69, 9.17) is 4.74 Å². The molecule has 0 amide bonds. The Kier molecular flexibility index (Phi) is 6.36. The van der Waals surface area contributed by atoms with Crippen LogP contribution in [0.4, 0.5) is 8.78 Å². The lowest BCUT2D eigenvalue weighted by Crippen LogP contribution is -2.42. The molecule has 0 aromatic heterocycles. The summed E-state index contributed by atoms with van der Waals surface area (Å²) in [5.41, 5.74) is -0.322. The molecule has 0 saturated heterocycles. The van der Waals surface area contributed by atoms with E-state index in [9.17, 15) is 13.9 Å². The van der Waals surface area contributed by atoms with Crippen molar-refractivity contribution < 1.29 is 23.4 Å². The molecule has 1 atom stereocenters. The van der Waals surface area contributed by atoms with Gasteiger partial charge in [-0.25, -0.2) is 0 Å². The van der Waals surface area contributed by atoms with E-state index in [0.29, 0.717) is 18.7 Å². The second-order valence-corrected chi connectivity index (χ2v) is 5.44. The highest BCUT2D eigenvalue weighted by Gasteiger charge is 2.24. The molecule has 6 heteroatoms. The largest absolute Gasteiger partial charge is 0.493 e. The van der Waals surface area contributed by atoms with Gasteiger partial charge >= 0.3 is 6.61 Å². The SMILES string of the molecule is COc1cccc(CNCC(C)(O)C(C)C)c1OC(F)F. The quantitative estimate of drug-likeness (QED) is 0.775. The molecule has 0 spiro atoms. The Morgan fingerprint density at radius 3 is 2.52 bits per heavy atom. The van der Waals surface area contributed by atoms with Gasteiger partial charge in [-0.15, -0.1) is 0 Å². The molecule has 4 nitrogen and oxygen atoms in total. The van der Waals surface area contributed by atoms with Crippen molar-refractivity contribution >= 4 is 0 Å². The van der Waals surface area contributed by atoms with Crippen LogP contribution in [0.3, 0.4) is 0 Å². The van der Waals surface area contributed by atoms with E-state index in [2.05, 4.69) is 10.1 Å². The second-order valence-electron chi connectivity index (χ2n) is 5.44. The Morgan fingerprint density at radius 1 is 1.33 bits per heavy atom. The molecule has 21 heavy (non-hydrogen) atoms. The predicted molar refractivity (Wildman–Crippen MR) is 76.8 cm³/mol. The number of aliphatic hydroxyl groups is 1. The van der Waals surface area contributed by atoms with Crippen LogP contribution in [-0.2, 0) is 6.54 Å². The van der Waals surface area contributed by atoms with Crippen LogP contribution in [0.25, 0.3) is 0 Å². The maximum atomic E-state index is 12.5. The number of alkyl halides is 2. The summed E-state index contributed by atoms with van der Waals surface area (Å²) in [6, 6.07) is 4.94. The minimum absolute atomic E-state index is 0.0201. The summed E-state index contributed by atoms with van der Waals surface area (Å²) in [7, 11) is 1.40. The Bertz CT molecular complexity index is 451. The van der Waals surface area contributed by atoms with Gasteiger partial charge in [-0.1, -0.05) is 26.0 Å². The van der Waals surface area contributed by atoms with Gasteiger partial charge < -0.3 is 19.9 Å². The zero-order valence-electron chi connectivity index (χ0n) is 12.8. The summed E-state index contributed by atoms with van der Waals surface area (Å²) in [4.78, 5) is 0. The van der Waals surface area contributed by atoms with Crippen molar-refractivity contribution in [3.8, 4) is 11.5 Å². The smallest absolute Gasteiger partial charge is 0.387 e. The topological polar surface area (TPSA) is 50.7 Å². The number of ether oxygens (including phenoxy) is 2. The molecule has 0 aliphatic carbocycles. The minimum atomic E-state index is -2.92. The molecule has 0 aliphatic rings. The van der Waals surface area contributed by atoms with Gasteiger partial charge in [0.2, 0.25) is 0 Å². The number of hydrogen-bond donors (Lipinski definition) is 2. The number of rotatable bonds is 8. The summed E-state index contributed by atoms with van der Waals surface area (Å²) in [5, 5.41) is 13.2.